The Hall–Kier alpha value is -2.75. The number of nitro benzene ring substituents is 1. The minimum atomic E-state index is -3.08. The number of benzene rings is 1. The molecule has 0 spiro atoms. The molecular weight excluding hydrogens is 350 g/mol. The molecule has 1 unspecified atom stereocenters. The average molecular weight is 367 g/mol. The van der Waals surface area contributed by atoms with Gasteiger partial charge in [-0.2, -0.15) is 0 Å². The van der Waals surface area contributed by atoms with E-state index in [1.54, 1.807) is 0 Å². The van der Waals surface area contributed by atoms with E-state index in [2.05, 4.69) is 10.6 Å². The van der Waals surface area contributed by atoms with E-state index in [9.17, 15) is 28.1 Å². The lowest BCUT2D eigenvalue weighted by molar-refractivity contribution is -0.384. The van der Waals surface area contributed by atoms with Gasteiger partial charge in [0.25, 0.3) is 5.69 Å². The van der Waals surface area contributed by atoms with Crippen LogP contribution in [0.1, 0.15) is 12.0 Å². The van der Waals surface area contributed by atoms with Gasteiger partial charge in [-0.1, -0.05) is 0 Å². The van der Waals surface area contributed by atoms with Crippen LogP contribution >= 0.6 is 0 Å². The van der Waals surface area contributed by atoms with Crippen molar-refractivity contribution >= 4 is 33.4 Å². The zero-order valence-electron chi connectivity index (χ0n) is 13.2. The highest BCUT2D eigenvalue weighted by Gasteiger charge is 2.28. The Morgan fingerprint density at radius 1 is 1.28 bits per heavy atom. The maximum atomic E-state index is 11.7. The number of hydrogen-bond donors (Lipinski definition) is 2. The van der Waals surface area contributed by atoms with Crippen LogP contribution < -0.4 is 10.6 Å². The molecule has 1 aromatic carbocycles. The van der Waals surface area contributed by atoms with Crippen molar-refractivity contribution in [1.82, 2.24) is 10.6 Å². The molecule has 134 valence electrons. The quantitative estimate of drug-likeness (QED) is 0.413. The van der Waals surface area contributed by atoms with Gasteiger partial charge < -0.3 is 10.6 Å². The summed E-state index contributed by atoms with van der Waals surface area (Å²) in [5, 5.41) is 15.5. The normalized spacial score (nSPS) is 18.8. The van der Waals surface area contributed by atoms with E-state index in [0.29, 0.717) is 12.0 Å². The van der Waals surface area contributed by atoms with Crippen molar-refractivity contribution in [3.8, 4) is 0 Å². The molecule has 9 nitrogen and oxygen atoms in total. The van der Waals surface area contributed by atoms with Gasteiger partial charge in [-0.05, 0) is 30.2 Å². The Bertz CT molecular complexity index is 801. The molecule has 0 aromatic heterocycles. The summed E-state index contributed by atoms with van der Waals surface area (Å²) >= 11 is 0. The summed E-state index contributed by atoms with van der Waals surface area (Å²) in [7, 11) is -3.08. The van der Waals surface area contributed by atoms with Crippen molar-refractivity contribution in [1.29, 1.82) is 0 Å². The zero-order valence-corrected chi connectivity index (χ0v) is 14.0. The Balaban J connectivity index is 1.76. The summed E-state index contributed by atoms with van der Waals surface area (Å²) in [6, 6.07) is 5.22. The molecule has 2 rings (SSSR count). The number of nitrogens with one attached hydrogen (secondary N) is 2. The first-order valence-electron chi connectivity index (χ1n) is 7.45. The number of sulfone groups is 1. The molecule has 0 saturated carbocycles. The Labute approximate surface area is 144 Å². The molecule has 1 atom stereocenters. The topological polar surface area (TPSA) is 135 Å². The standard InChI is InChI=1S/C15H17N3O6S/c19-14(6-3-11-1-4-13(5-2-11)18(21)22)16-9-15(20)17-12-7-8-25(23,24)10-12/h1-6,12H,7-10H2,(H,16,19)(H,17,20)/b6-3+. The number of rotatable bonds is 6. The molecular formula is C15H17N3O6S. The van der Waals surface area contributed by atoms with Crippen LogP contribution in [0, 0.1) is 10.1 Å². The predicted molar refractivity (Wildman–Crippen MR) is 90.3 cm³/mol. The second-order valence-electron chi connectivity index (χ2n) is 5.57. The summed E-state index contributed by atoms with van der Waals surface area (Å²) in [5.74, 6) is -0.985. The van der Waals surface area contributed by atoms with Crippen molar-refractivity contribution in [3.63, 3.8) is 0 Å². The molecule has 2 amide bonds. The van der Waals surface area contributed by atoms with Crippen LogP contribution in [0.5, 0.6) is 0 Å². The maximum absolute atomic E-state index is 11.7. The molecule has 0 radical (unpaired) electrons. The van der Waals surface area contributed by atoms with E-state index < -0.39 is 32.6 Å². The maximum Gasteiger partial charge on any atom is 0.269 e. The van der Waals surface area contributed by atoms with Gasteiger partial charge in [0.15, 0.2) is 9.84 Å². The van der Waals surface area contributed by atoms with Gasteiger partial charge >= 0.3 is 0 Å². The molecule has 1 aliphatic rings. The van der Waals surface area contributed by atoms with Gasteiger partial charge in [0.2, 0.25) is 11.8 Å². The third-order valence-corrected chi connectivity index (χ3v) is 5.32. The molecule has 0 aliphatic carbocycles. The first-order chi connectivity index (χ1) is 11.7. The van der Waals surface area contributed by atoms with Gasteiger partial charge in [-0.25, -0.2) is 8.42 Å². The smallest absolute Gasteiger partial charge is 0.269 e. The number of carbonyl (C=O) groups is 2. The monoisotopic (exact) mass is 367 g/mol. The number of non-ortho nitro benzene ring substituents is 1. The van der Waals surface area contributed by atoms with Crippen molar-refractivity contribution < 1.29 is 22.9 Å². The van der Waals surface area contributed by atoms with E-state index in [1.165, 1.54) is 36.4 Å². The Kier molecular flexibility index (Phi) is 5.86. The highest BCUT2D eigenvalue weighted by atomic mass is 32.2. The van der Waals surface area contributed by atoms with Crippen LogP contribution in [0.15, 0.2) is 30.3 Å². The number of nitrogens with zero attached hydrogens (tertiary/aromatic N) is 1. The van der Waals surface area contributed by atoms with Crippen LogP contribution in [-0.2, 0) is 19.4 Å². The molecule has 0 bridgehead atoms. The van der Waals surface area contributed by atoms with Gasteiger partial charge in [0.05, 0.1) is 23.0 Å². The fourth-order valence-corrected chi connectivity index (χ4v) is 3.97. The van der Waals surface area contributed by atoms with E-state index in [-0.39, 0.29) is 23.7 Å². The SMILES string of the molecule is O=C(/C=C/c1ccc([N+](=O)[O-])cc1)NCC(=O)NC1CCS(=O)(=O)C1. The van der Waals surface area contributed by atoms with Crippen LogP contribution in [0.3, 0.4) is 0 Å². The van der Waals surface area contributed by atoms with Crippen LogP contribution in [0.4, 0.5) is 5.69 Å². The van der Waals surface area contributed by atoms with Gasteiger partial charge in [-0.15, -0.1) is 0 Å². The predicted octanol–water partition coefficient (Wildman–Crippen LogP) is 0.0275. The second kappa shape index (κ2) is 7.88. The summed E-state index contributed by atoms with van der Waals surface area (Å²) < 4.78 is 22.6. The summed E-state index contributed by atoms with van der Waals surface area (Å²) in [6.45, 7) is -0.264. The summed E-state index contributed by atoms with van der Waals surface area (Å²) in [4.78, 5) is 33.4. The van der Waals surface area contributed by atoms with Crippen molar-refractivity contribution in [3.05, 3.63) is 46.0 Å². The highest BCUT2D eigenvalue weighted by Crippen LogP contribution is 2.13. The molecule has 1 saturated heterocycles. The lowest BCUT2D eigenvalue weighted by Gasteiger charge is -2.10. The molecule has 1 fully saturated rings. The van der Waals surface area contributed by atoms with E-state index in [1.807, 2.05) is 0 Å². The van der Waals surface area contributed by atoms with Gasteiger partial charge in [0.1, 0.15) is 0 Å². The second-order valence-corrected chi connectivity index (χ2v) is 7.80. The van der Waals surface area contributed by atoms with Crippen molar-refractivity contribution in [2.75, 3.05) is 18.1 Å². The van der Waals surface area contributed by atoms with E-state index in [4.69, 9.17) is 0 Å². The highest BCUT2D eigenvalue weighted by molar-refractivity contribution is 7.91. The summed E-state index contributed by atoms with van der Waals surface area (Å²) in [6.07, 6.45) is 3.04. The number of hydrogen-bond acceptors (Lipinski definition) is 6. The number of nitro groups is 1. The van der Waals surface area contributed by atoms with Crippen molar-refractivity contribution in [2.24, 2.45) is 0 Å². The van der Waals surface area contributed by atoms with Crippen LogP contribution in [0.25, 0.3) is 6.08 Å². The largest absolute Gasteiger partial charge is 0.351 e. The van der Waals surface area contributed by atoms with Crippen molar-refractivity contribution in [2.45, 2.75) is 12.5 Å². The Morgan fingerprint density at radius 2 is 1.96 bits per heavy atom. The lowest BCUT2D eigenvalue weighted by Crippen LogP contribution is -2.42. The zero-order chi connectivity index (χ0) is 18.4. The third-order valence-electron chi connectivity index (χ3n) is 3.55. The third kappa shape index (κ3) is 5.99. The fraction of sp³-hybridized carbons (Fsp3) is 0.333. The fourth-order valence-electron chi connectivity index (χ4n) is 2.29. The first kappa shape index (κ1) is 18.6. The number of carbonyl (C=O) groups excluding carboxylic acids is 2. The van der Waals surface area contributed by atoms with E-state index in [0.717, 1.165) is 0 Å². The van der Waals surface area contributed by atoms with Gasteiger partial charge in [0, 0.05) is 24.3 Å². The average Bonchev–Trinajstić information content (AvgIpc) is 2.90. The molecule has 10 heteroatoms. The van der Waals surface area contributed by atoms with Crippen LogP contribution in [-0.4, -0.2) is 49.2 Å². The van der Waals surface area contributed by atoms with Crippen LogP contribution in [0.2, 0.25) is 0 Å². The summed E-state index contributed by atoms with van der Waals surface area (Å²) in [5.41, 5.74) is 0.550. The minimum absolute atomic E-state index is 0.0489. The minimum Gasteiger partial charge on any atom is -0.351 e. The van der Waals surface area contributed by atoms with Gasteiger partial charge in [-0.3, -0.25) is 19.7 Å². The molecule has 25 heavy (non-hydrogen) atoms. The Morgan fingerprint density at radius 3 is 2.52 bits per heavy atom. The number of amides is 2. The first-order valence-corrected chi connectivity index (χ1v) is 9.27. The van der Waals surface area contributed by atoms with E-state index >= 15 is 0 Å². The molecule has 1 aromatic rings. The molecule has 2 N–H and O–H groups in total. The molecule has 1 heterocycles. The lowest BCUT2D eigenvalue weighted by atomic mass is 10.2. The molecule has 1 aliphatic heterocycles.